The van der Waals surface area contributed by atoms with Crippen molar-refractivity contribution in [2.75, 3.05) is 31.5 Å². The van der Waals surface area contributed by atoms with Crippen molar-refractivity contribution in [1.82, 2.24) is 9.80 Å². The molecule has 0 bridgehead atoms. The van der Waals surface area contributed by atoms with Gasteiger partial charge in [0.2, 0.25) is 0 Å². The Balaban J connectivity index is 2.11. The number of anilines is 1. The topological polar surface area (TPSA) is 35.6 Å². The number of benzene rings is 1. The van der Waals surface area contributed by atoms with Crippen LogP contribution in [0.5, 0.6) is 0 Å². The fraction of sp³-hybridized carbons (Fsp3) is 0.667. The lowest BCUT2D eigenvalue weighted by Crippen LogP contribution is -2.52. The van der Waals surface area contributed by atoms with Crippen LogP contribution in [0, 0.1) is 0 Å². The number of nitrogens with one attached hydrogen (secondary N) is 1. The lowest BCUT2D eigenvalue weighted by Gasteiger charge is -2.38. The summed E-state index contributed by atoms with van der Waals surface area (Å²) in [6, 6.07) is 7.00. The molecular weight excluding hydrogens is 310 g/mol. The van der Waals surface area contributed by atoms with E-state index < -0.39 is 0 Å². The molecule has 2 rings (SSSR count). The average Bonchev–Trinajstić information content (AvgIpc) is 2.60. The summed E-state index contributed by atoms with van der Waals surface area (Å²) >= 11 is 0. The van der Waals surface area contributed by atoms with Crippen molar-refractivity contribution in [1.29, 1.82) is 0 Å². The monoisotopic (exact) mass is 345 g/mol. The number of nitrogens with zero attached hydrogens (tertiary/aromatic N) is 2. The van der Waals surface area contributed by atoms with Gasteiger partial charge in [-0.1, -0.05) is 52.8 Å². The van der Waals surface area contributed by atoms with E-state index in [2.05, 4.69) is 70.0 Å². The third kappa shape index (κ3) is 4.75. The summed E-state index contributed by atoms with van der Waals surface area (Å²) in [5.74, 6) is 0.771. The summed E-state index contributed by atoms with van der Waals surface area (Å²) in [7, 11) is 0. The molecule has 4 heteroatoms. The van der Waals surface area contributed by atoms with E-state index in [1.165, 1.54) is 11.1 Å². The molecule has 0 saturated carbocycles. The SMILES string of the molecule is CCC(C)N1CCN(C(=O)Nc2c(C(C)C)cccc2C(C)C)CC1. The Morgan fingerprint density at radius 3 is 1.96 bits per heavy atom. The van der Waals surface area contributed by atoms with E-state index in [0.29, 0.717) is 17.9 Å². The molecule has 1 aromatic carbocycles. The number of hydrogen-bond acceptors (Lipinski definition) is 2. The van der Waals surface area contributed by atoms with Crippen molar-refractivity contribution < 1.29 is 4.79 Å². The summed E-state index contributed by atoms with van der Waals surface area (Å²) in [5, 5.41) is 3.24. The number of urea groups is 1. The van der Waals surface area contributed by atoms with Crippen molar-refractivity contribution in [3.63, 3.8) is 0 Å². The molecule has 0 spiro atoms. The van der Waals surface area contributed by atoms with Crippen LogP contribution >= 0.6 is 0 Å². The minimum atomic E-state index is 0.0406. The van der Waals surface area contributed by atoms with Crippen LogP contribution in [0.2, 0.25) is 0 Å². The Bertz CT molecular complexity index is 548. The Morgan fingerprint density at radius 2 is 1.52 bits per heavy atom. The summed E-state index contributed by atoms with van der Waals surface area (Å²) in [5.41, 5.74) is 3.46. The van der Waals surface area contributed by atoms with Crippen LogP contribution in [0.4, 0.5) is 10.5 Å². The molecule has 1 aliphatic rings. The molecule has 1 unspecified atom stereocenters. The largest absolute Gasteiger partial charge is 0.322 e. The molecule has 2 amide bonds. The van der Waals surface area contributed by atoms with E-state index in [1.807, 2.05) is 4.90 Å². The van der Waals surface area contributed by atoms with Crippen molar-refractivity contribution in [3.8, 4) is 0 Å². The van der Waals surface area contributed by atoms with E-state index in [0.717, 1.165) is 38.3 Å². The highest BCUT2D eigenvalue weighted by molar-refractivity contribution is 5.91. The summed E-state index contributed by atoms with van der Waals surface area (Å²) in [4.78, 5) is 17.3. The molecule has 1 N–H and O–H groups in total. The van der Waals surface area contributed by atoms with Crippen molar-refractivity contribution in [2.45, 2.75) is 65.8 Å². The standard InChI is InChI=1S/C21H35N3O/c1-7-17(6)23-11-13-24(14-12-23)21(25)22-20-18(15(2)3)9-8-10-19(20)16(4)5/h8-10,15-17H,7,11-14H2,1-6H3,(H,22,25). The molecule has 0 radical (unpaired) electrons. The highest BCUT2D eigenvalue weighted by atomic mass is 16.2. The normalized spacial score (nSPS) is 17.2. The van der Waals surface area contributed by atoms with Gasteiger partial charge in [-0.25, -0.2) is 4.79 Å². The predicted molar refractivity (Wildman–Crippen MR) is 107 cm³/mol. The lowest BCUT2D eigenvalue weighted by molar-refractivity contribution is 0.117. The lowest BCUT2D eigenvalue weighted by atomic mass is 9.93. The number of carbonyl (C=O) groups excluding carboxylic acids is 1. The molecule has 1 fully saturated rings. The van der Waals surface area contributed by atoms with E-state index in [4.69, 9.17) is 0 Å². The first-order chi connectivity index (χ1) is 11.8. The van der Waals surface area contributed by atoms with Crippen LogP contribution < -0.4 is 5.32 Å². The zero-order valence-electron chi connectivity index (χ0n) is 16.8. The first-order valence-corrected chi connectivity index (χ1v) is 9.77. The third-order valence-corrected chi connectivity index (χ3v) is 5.42. The van der Waals surface area contributed by atoms with Gasteiger partial charge in [-0.15, -0.1) is 0 Å². The van der Waals surface area contributed by atoms with E-state index in [1.54, 1.807) is 0 Å². The molecule has 1 atom stereocenters. The molecule has 0 aliphatic carbocycles. The molecule has 4 nitrogen and oxygen atoms in total. The second kappa shape index (κ2) is 8.70. The number of para-hydroxylation sites is 1. The first kappa shape index (κ1) is 19.8. The third-order valence-electron chi connectivity index (χ3n) is 5.42. The molecule has 1 aromatic rings. The Kier molecular flexibility index (Phi) is 6.88. The van der Waals surface area contributed by atoms with Crippen LogP contribution in [0.15, 0.2) is 18.2 Å². The van der Waals surface area contributed by atoms with Gasteiger partial charge in [0.15, 0.2) is 0 Å². The Hall–Kier alpha value is -1.55. The minimum Gasteiger partial charge on any atom is -0.322 e. The number of rotatable bonds is 5. The van der Waals surface area contributed by atoms with Crippen LogP contribution in [-0.4, -0.2) is 48.1 Å². The Labute approximate surface area is 153 Å². The number of hydrogen-bond donors (Lipinski definition) is 1. The highest BCUT2D eigenvalue weighted by Gasteiger charge is 2.25. The van der Waals surface area contributed by atoms with Crippen LogP contribution in [0.3, 0.4) is 0 Å². The van der Waals surface area contributed by atoms with Gasteiger partial charge in [-0.2, -0.15) is 0 Å². The summed E-state index contributed by atoms with van der Waals surface area (Å²) in [6.07, 6.45) is 1.16. The fourth-order valence-electron chi connectivity index (χ4n) is 3.51. The van der Waals surface area contributed by atoms with Crippen LogP contribution in [0.25, 0.3) is 0 Å². The second-order valence-corrected chi connectivity index (χ2v) is 7.83. The number of carbonyl (C=O) groups is 1. The molecule has 140 valence electrons. The summed E-state index contributed by atoms with van der Waals surface area (Å²) < 4.78 is 0. The second-order valence-electron chi connectivity index (χ2n) is 7.83. The van der Waals surface area contributed by atoms with E-state index in [-0.39, 0.29) is 6.03 Å². The molecule has 25 heavy (non-hydrogen) atoms. The maximum Gasteiger partial charge on any atom is 0.321 e. The van der Waals surface area contributed by atoms with E-state index in [9.17, 15) is 4.79 Å². The van der Waals surface area contributed by atoms with Gasteiger partial charge >= 0.3 is 6.03 Å². The van der Waals surface area contributed by atoms with Crippen LogP contribution in [-0.2, 0) is 0 Å². The van der Waals surface area contributed by atoms with Gasteiger partial charge in [-0.05, 0) is 36.3 Å². The number of piperazine rings is 1. The maximum atomic E-state index is 12.9. The van der Waals surface area contributed by atoms with Crippen molar-refractivity contribution in [3.05, 3.63) is 29.3 Å². The molecule has 1 saturated heterocycles. The average molecular weight is 346 g/mol. The maximum absolute atomic E-state index is 12.9. The van der Waals surface area contributed by atoms with Crippen molar-refractivity contribution in [2.24, 2.45) is 0 Å². The molecule has 0 aromatic heterocycles. The van der Waals surface area contributed by atoms with Crippen LogP contribution in [0.1, 0.15) is 70.9 Å². The van der Waals surface area contributed by atoms with Gasteiger partial charge in [-0.3, -0.25) is 4.90 Å². The number of amides is 2. The summed E-state index contributed by atoms with van der Waals surface area (Å²) in [6.45, 7) is 16.7. The molecule has 1 heterocycles. The van der Waals surface area contributed by atoms with Crippen molar-refractivity contribution >= 4 is 11.7 Å². The smallest absolute Gasteiger partial charge is 0.321 e. The van der Waals surface area contributed by atoms with Gasteiger partial charge in [0.1, 0.15) is 0 Å². The Morgan fingerprint density at radius 1 is 1.00 bits per heavy atom. The van der Waals surface area contributed by atoms with Gasteiger partial charge in [0, 0.05) is 37.9 Å². The molecular formula is C21H35N3O. The first-order valence-electron chi connectivity index (χ1n) is 9.77. The van der Waals surface area contributed by atoms with E-state index >= 15 is 0 Å². The fourth-order valence-corrected chi connectivity index (χ4v) is 3.51. The van der Waals surface area contributed by atoms with Gasteiger partial charge in [0.05, 0.1) is 0 Å². The predicted octanol–water partition coefficient (Wildman–Crippen LogP) is 4.88. The zero-order valence-corrected chi connectivity index (χ0v) is 16.8. The zero-order chi connectivity index (χ0) is 18.6. The van der Waals surface area contributed by atoms with Gasteiger partial charge < -0.3 is 10.2 Å². The minimum absolute atomic E-state index is 0.0406. The highest BCUT2D eigenvalue weighted by Crippen LogP contribution is 2.32. The molecule has 1 aliphatic heterocycles. The van der Waals surface area contributed by atoms with Gasteiger partial charge in [0.25, 0.3) is 0 Å². The quantitative estimate of drug-likeness (QED) is 0.825.